The normalized spacial score (nSPS) is 10.8. The lowest BCUT2D eigenvalue weighted by atomic mass is 10.1. The number of hydrogen-bond donors (Lipinski definition) is 0. The first-order chi connectivity index (χ1) is 9.43. The fraction of sp³-hybridized carbons (Fsp3) is 0.286. The molecule has 1 aromatic heterocycles. The van der Waals surface area contributed by atoms with E-state index >= 15 is 0 Å². The molecular formula is C14H13ClF2N2O. The third-order valence-electron chi connectivity index (χ3n) is 3.01. The van der Waals surface area contributed by atoms with Crippen molar-refractivity contribution in [3.63, 3.8) is 0 Å². The Kier molecular flexibility index (Phi) is 4.18. The van der Waals surface area contributed by atoms with Gasteiger partial charge in [-0.15, -0.1) is 0 Å². The van der Waals surface area contributed by atoms with Crippen molar-refractivity contribution in [2.45, 2.75) is 26.8 Å². The van der Waals surface area contributed by atoms with Crippen LogP contribution in [-0.2, 0) is 13.0 Å². The molecule has 0 spiro atoms. The number of carbonyl (C=O) groups is 1. The second kappa shape index (κ2) is 5.71. The molecule has 2 rings (SSSR count). The first kappa shape index (κ1) is 14.7. The van der Waals surface area contributed by atoms with Crippen molar-refractivity contribution in [2.75, 3.05) is 0 Å². The summed E-state index contributed by atoms with van der Waals surface area (Å²) in [5.74, 6) is -1.92. The lowest BCUT2D eigenvalue weighted by molar-refractivity contribution is 0.0986. The van der Waals surface area contributed by atoms with Crippen molar-refractivity contribution in [1.29, 1.82) is 0 Å². The molecule has 0 bridgehead atoms. The van der Waals surface area contributed by atoms with Crippen LogP contribution in [0, 0.1) is 18.6 Å². The van der Waals surface area contributed by atoms with Crippen molar-refractivity contribution in [3.8, 4) is 0 Å². The van der Waals surface area contributed by atoms with E-state index < -0.39 is 17.4 Å². The van der Waals surface area contributed by atoms with E-state index in [1.807, 2.05) is 6.92 Å². The molecule has 6 heteroatoms. The molecule has 1 aromatic carbocycles. The Balaban J connectivity index is 2.35. The van der Waals surface area contributed by atoms with Gasteiger partial charge in [-0.25, -0.2) is 8.78 Å². The van der Waals surface area contributed by atoms with E-state index in [1.165, 1.54) is 0 Å². The van der Waals surface area contributed by atoms with E-state index in [4.69, 9.17) is 11.6 Å². The van der Waals surface area contributed by atoms with E-state index in [1.54, 1.807) is 11.6 Å². The molecule has 106 valence electrons. The minimum absolute atomic E-state index is 0.117. The van der Waals surface area contributed by atoms with E-state index in [9.17, 15) is 13.6 Å². The number of hydrogen-bond acceptors (Lipinski definition) is 2. The number of rotatable bonds is 4. The molecule has 0 radical (unpaired) electrons. The Morgan fingerprint density at radius 1 is 1.40 bits per heavy atom. The van der Waals surface area contributed by atoms with Gasteiger partial charge in [-0.3, -0.25) is 9.48 Å². The van der Waals surface area contributed by atoms with Gasteiger partial charge in [0.15, 0.2) is 5.78 Å². The molecule has 0 atom stereocenters. The molecule has 0 saturated carbocycles. The van der Waals surface area contributed by atoms with Gasteiger partial charge in [-0.2, -0.15) is 5.10 Å². The van der Waals surface area contributed by atoms with Gasteiger partial charge >= 0.3 is 0 Å². The molecule has 0 aliphatic carbocycles. The van der Waals surface area contributed by atoms with Crippen LogP contribution in [0.2, 0.25) is 5.02 Å². The average Bonchev–Trinajstić information content (AvgIpc) is 2.69. The topological polar surface area (TPSA) is 34.9 Å². The van der Waals surface area contributed by atoms with Gasteiger partial charge in [0, 0.05) is 6.54 Å². The molecular weight excluding hydrogens is 286 g/mol. The summed E-state index contributed by atoms with van der Waals surface area (Å²) in [7, 11) is 0. The fourth-order valence-electron chi connectivity index (χ4n) is 2.00. The lowest BCUT2D eigenvalue weighted by Crippen LogP contribution is -2.11. The first-order valence-corrected chi connectivity index (χ1v) is 6.51. The molecule has 0 aliphatic heterocycles. The van der Waals surface area contributed by atoms with Crippen LogP contribution in [0.25, 0.3) is 0 Å². The molecule has 3 nitrogen and oxygen atoms in total. The number of halogens is 3. The highest BCUT2D eigenvalue weighted by molar-refractivity contribution is 6.32. The number of Topliss-reactive ketones (excluding diaryl/α,β-unsaturated/α-hetero) is 1. The van der Waals surface area contributed by atoms with E-state index in [-0.39, 0.29) is 12.0 Å². The Bertz CT molecular complexity index is 667. The van der Waals surface area contributed by atoms with Crippen molar-refractivity contribution in [2.24, 2.45) is 0 Å². The van der Waals surface area contributed by atoms with Crippen LogP contribution in [0.4, 0.5) is 8.78 Å². The van der Waals surface area contributed by atoms with Gasteiger partial charge in [0.25, 0.3) is 0 Å². The summed E-state index contributed by atoms with van der Waals surface area (Å²) in [6.45, 7) is 4.13. The quantitative estimate of drug-likeness (QED) is 0.809. The molecule has 1 heterocycles. The van der Waals surface area contributed by atoms with Gasteiger partial charge in [0.1, 0.15) is 11.6 Å². The van der Waals surface area contributed by atoms with Gasteiger partial charge in [0.05, 0.1) is 28.4 Å². The standard InChI is InChI=1S/C14H13ClF2N2O/c1-3-19-12(14(15)8(2)18-19)7-13(20)10-6-9(16)4-5-11(10)17/h4-6H,3,7H2,1-2H3. The zero-order valence-electron chi connectivity index (χ0n) is 11.1. The maximum atomic E-state index is 13.6. The number of aromatic nitrogens is 2. The number of carbonyl (C=O) groups excluding carboxylic acids is 1. The monoisotopic (exact) mass is 298 g/mol. The van der Waals surface area contributed by atoms with Gasteiger partial charge in [-0.05, 0) is 32.0 Å². The molecule has 2 aromatic rings. The zero-order valence-corrected chi connectivity index (χ0v) is 11.8. The highest BCUT2D eigenvalue weighted by Crippen LogP contribution is 2.22. The van der Waals surface area contributed by atoms with Gasteiger partial charge in [0.2, 0.25) is 0 Å². The van der Waals surface area contributed by atoms with Crippen LogP contribution >= 0.6 is 11.6 Å². The average molecular weight is 299 g/mol. The highest BCUT2D eigenvalue weighted by Gasteiger charge is 2.19. The third-order valence-corrected chi connectivity index (χ3v) is 3.50. The smallest absolute Gasteiger partial charge is 0.171 e. The van der Waals surface area contributed by atoms with Crippen LogP contribution in [0.3, 0.4) is 0 Å². The second-order valence-electron chi connectivity index (χ2n) is 4.39. The van der Waals surface area contributed by atoms with Crippen molar-refractivity contribution < 1.29 is 13.6 Å². The number of benzene rings is 1. The highest BCUT2D eigenvalue weighted by atomic mass is 35.5. The predicted octanol–water partition coefficient (Wildman–Crippen LogP) is 3.57. The van der Waals surface area contributed by atoms with E-state index in [0.29, 0.717) is 23.0 Å². The molecule has 0 unspecified atom stereocenters. The SMILES string of the molecule is CCn1nc(C)c(Cl)c1CC(=O)c1cc(F)ccc1F. The summed E-state index contributed by atoms with van der Waals surface area (Å²) >= 11 is 6.09. The van der Waals surface area contributed by atoms with Crippen LogP contribution in [0.15, 0.2) is 18.2 Å². The van der Waals surface area contributed by atoms with Gasteiger partial charge < -0.3 is 0 Å². The second-order valence-corrected chi connectivity index (χ2v) is 4.76. The molecule has 0 saturated heterocycles. The summed E-state index contributed by atoms with van der Waals surface area (Å²) in [5.41, 5.74) is 0.846. The maximum absolute atomic E-state index is 13.6. The third kappa shape index (κ3) is 2.72. The Morgan fingerprint density at radius 2 is 2.10 bits per heavy atom. The largest absolute Gasteiger partial charge is 0.294 e. The number of aryl methyl sites for hydroxylation is 2. The van der Waals surface area contributed by atoms with E-state index in [0.717, 1.165) is 18.2 Å². The minimum atomic E-state index is -0.744. The minimum Gasteiger partial charge on any atom is -0.294 e. The Labute approximate surface area is 120 Å². The van der Waals surface area contributed by atoms with Crippen molar-refractivity contribution in [1.82, 2.24) is 9.78 Å². The first-order valence-electron chi connectivity index (χ1n) is 6.14. The Hall–Kier alpha value is -1.75. The molecule has 0 amide bonds. The molecule has 0 fully saturated rings. The van der Waals surface area contributed by atoms with Crippen LogP contribution in [0.1, 0.15) is 28.7 Å². The molecule has 20 heavy (non-hydrogen) atoms. The molecule has 0 N–H and O–H groups in total. The zero-order chi connectivity index (χ0) is 14.9. The molecule has 0 aliphatic rings. The summed E-state index contributed by atoms with van der Waals surface area (Å²) in [6.07, 6.45) is -0.117. The summed E-state index contributed by atoms with van der Waals surface area (Å²) in [5, 5.41) is 4.57. The summed E-state index contributed by atoms with van der Waals surface area (Å²) < 4.78 is 28.3. The lowest BCUT2D eigenvalue weighted by Gasteiger charge is -2.06. The fourth-order valence-corrected chi connectivity index (χ4v) is 2.20. The predicted molar refractivity (Wildman–Crippen MR) is 72.0 cm³/mol. The van der Waals surface area contributed by atoms with Crippen LogP contribution < -0.4 is 0 Å². The van der Waals surface area contributed by atoms with Crippen molar-refractivity contribution >= 4 is 17.4 Å². The number of nitrogens with zero attached hydrogens (tertiary/aromatic N) is 2. The van der Waals surface area contributed by atoms with Crippen LogP contribution in [-0.4, -0.2) is 15.6 Å². The van der Waals surface area contributed by atoms with Crippen LogP contribution in [0.5, 0.6) is 0 Å². The Morgan fingerprint density at radius 3 is 2.75 bits per heavy atom. The maximum Gasteiger partial charge on any atom is 0.171 e. The van der Waals surface area contributed by atoms with Gasteiger partial charge in [-0.1, -0.05) is 11.6 Å². The van der Waals surface area contributed by atoms with E-state index in [2.05, 4.69) is 5.10 Å². The number of ketones is 1. The van der Waals surface area contributed by atoms with Crippen molar-refractivity contribution in [3.05, 3.63) is 51.8 Å². The summed E-state index contributed by atoms with van der Waals surface area (Å²) in [6, 6.07) is 2.80. The summed E-state index contributed by atoms with van der Waals surface area (Å²) in [4.78, 5) is 12.1.